The molecule has 32 heavy (non-hydrogen) atoms. The van der Waals surface area contributed by atoms with Gasteiger partial charge in [0.1, 0.15) is 11.9 Å². The average Bonchev–Trinajstić information content (AvgIpc) is 3.25. The van der Waals surface area contributed by atoms with E-state index in [0.29, 0.717) is 22.3 Å². The minimum Gasteiger partial charge on any atom is -0.485 e. The lowest BCUT2D eigenvalue weighted by atomic mass is 10.0. The van der Waals surface area contributed by atoms with Gasteiger partial charge >= 0.3 is 5.97 Å². The van der Waals surface area contributed by atoms with Crippen LogP contribution in [-0.2, 0) is 0 Å². The number of rotatable bonds is 5. The molecule has 0 aliphatic heterocycles. The molecule has 1 N–H and O–H groups in total. The van der Waals surface area contributed by atoms with Gasteiger partial charge in [0.2, 0.25) is 0 Å². The van der Waals surface area contributed by atoms with Crippen LogP contribution in [0.15, 0.2) is 85.2 Å². The van der Waals surface area contributed by atoms with E-state index in [1.165, 1.54) is 0 Å². The number of aromatic nitrogens is 2. The molecule has 5 rings (SSSR count). The first-order valence-corrected chi connectivity index (χ1v) is 10.5. The highest BCUT2D eigenvalue weighted by molar-refractivity contribution is 6.07. The van der Waals surface area contributed by atoms with E-state index in [4.69, 9.17) is 9.72 Å². The quantitative estimate of drug-likeness (QED) is 0.361. The summed E-state index contributed by atoms with van der Waals surface area (Å²) in [6.07, 6.45) is 3.68. The third-order valence-corrected chi connectivity index (χ3v) is 5.73. The second-order valence-corrected chi connectivity index (χ2v) is 7.90. The van der Waals surface area contributed by atoms with Crippen LogP contribution in [0, 0.1) is 6.92 Å². The van der Waals surface area contributed by atoms with Gasteiger partial charge in [0.15, 0.2) is 0 Å². The molecule has 0 aliphatic rings. The molecule has 5 aromatic rings. The Bertz CT molecular complexity index is 1420. The van der Waals surface area contributed by atoms with Crippen LogP contribution >= 0.6 is 0 Å². The molecule has 2 aromatic carbocycles. The van der Waals surface area contributed by atoms with Crippen molar-refractivity contribution in [3.8, 4) is 17.0 Å². The van der Waals surface area contributed by atoms with Gasteiger partial charge in [-0.25, -0.2) is 9.78 Å². The number of pyridine rings is 2. The van der Waals surface area contributed by atoms with E-state index < -0.39 is 5.97 Å². The lowest BCUT2D eigenvalue weighted by Crippen LogP contribution is -2.07. The van der Waals surface area contributed by atoms with Gasteiger partial charge in [-0.15, -0.1) is 0 Å². The Balaban J connectivity index is 1.67. The van der Waals surface area contributed by atoms with E-state index in [-0.39, 0.29) is 11.7 Å². The lowest BCUT2D eigenvalue weighted by Gasteiger charge is -2.18. The van der Waals surface area contributed by atoms with Gasteiger partial charge in [-0.2, -0.15) is 0 Å². The van der Waals surface area contributed by atoms with Crippen LogP contribution in [0.3, 0.4) is 0 Å². The van der Waals surface area contributed by atoms with Gasteiger partial charge in [-0.1, -0.05) is 42.5 Å². The van der Waals surface area contributed by atoms with E-state index in [0.717, 1.165) is 22.2 Å². The summed E-state index contributed by atoms with van der Waals surface area (Å²) in [5, 5.41) is 10.6. The summed E-state index contributed by atoms with van der Waals surface area (Å²) < 4.78 is 8.24. The molecule has 0 amide bonds. The van der Waals surface area contributed by atoms with E-state index in [1.807, 2.05) is 97.4 Å². The molecule has 1 unspecified atom stereocenters. The smallest absolute Gasteiger partial charge is 0.336 e. The standard InChI is InChI=1S/C27H22N2O3/c1-17-11-12-24(32-18(2)19-8-4-3-5-9-19)25-22(27(30)31)15-23(28-26(17)25)20-14-21-10-6-7-13-29(21)16-20/h3-16,18H,1-2H3,(H,30,31). The molecule has 1 atom stereocenters. The number of carboxylic acid groups (broad SMARTS) is 1. The van der Waals surface area contributed by atoms with Crippen LogP contribution < -0.4 is 4.74 Å². The first kappa shape index (κ1) is 19.8. The lowest BCUT2D eigenvalue weighted by molar-refractivity contribution is 0.0698. The second kappa shape index (κ2) is 7.85. The van der Waals surface area contributed by atoms with Crippen molar-refractivity contribution in [1.82, 2.24) is 9.38 Å². The Kier molecular flexibility index (Phi) is 4.86. The van der Waals surface area contributed by atoms with E-state index in [2.05, 4.69) is 0 Å². The summed E-state index contributed by atoms with van der Waals surface area (Å²) in [5.41, 5.74) is 5.23. The number of benzene rings is 2. The number of aromatic carboxylic acids is 1. The largest absolute Gasteiger partial charge is 0.485 e. The number of carbonyl (C=O) groups is 1. The number of aryl methyl sites for hydroxylation is 1. The maximum atomic E-state index is 12.3. The van der Waals surface area contributed by atoms with Crippen molar-refractivity contribution in [3.05, 3.63) is 102 Å². The fourth-order valence-electron chi connectivity index (χ4n) is 4.04. The first-order chi connectivity index (χ1) is 15.5. The Morgan fingerprint density at radius 1 is 1.03 bits per heavy atom. The Morgan fingerprint density at radius 3 is 2.56 bits per heavy atom. The Labute approximate surface area is 185 Å². The molecule has 0 saturated heterocycles. The van der Waals surface area contributed by atoms with Crippen LogP contribution in [-0.4, -0.2) is 20.5 Å². The van der Waals surface area contributed by atoms with Gasteiger partial charge in [0, 0.05) is 23.5 Å². The molecule has 0 spiro atoms. The number of ether oxygens (including phenoxy) is 1. The zero-order valence-corrected chi connectivity index (χ0v) is 17.8. The minimum absolute atomic E-state index is 0.180. The Morgan fingerprint density at radius 2 is 1.81 bits per heavy atom. The predicted octanol–water partition coefficient (Wildman–Crippen LogP) is 6.30. The fraction of sp³-hybridized carbons (Fsp3) is 0.111. The number of hydrogen-bond acceptors (Lipinski definition) is 3. The van der Waals surface area contributed by atoms with Crippen LogP contribution in [0.25, 0.3) is 27.7 Å². The SMILES string of the molecule is Cc1ccc(OC(C)c2ccccc2)c2c(C(=O)O)cc(-c3cc4ccccn4c3)nc12. The minimum atomic E-state index is -1.01. The molecule has 5 nitrogen and oxygen atoms in total. The van der Waals surface area contributed by atoms with E-state index >= 15 is 0 Å². The van der Waals surface area contributed by atoms with Gasteiger partial charge in [0.05, 0.1) is 22.2 Å². The van der Waals surface area contributed by atoms with Gasteiger partial charge < -0.3 is 14.2 Å². The molecule has 0 bridgehead atoms. The molecule has 0 saturated carbocycles. The maximum absolute atomic E-state index is 12.3. The van der Waals surface area contributed by atoms with E-state index in [1.54, 1.807) is 6.07 Å². The van der Waals surface area contributed by atoms with Crippen molar-refractivity contribution < 1.29 is 14.6 Å². The number of nitrogens with zero attached hydrogens (tertiary/aromatic N) is 2. The van der Waals surface area contributed by atoms with Crippen LogP contribution in [0.2, 0.25) is 0 Å². The summed E-state index contributed by atoms with van der Waals surface area (Å²) in [6.45, 7) is 3.89. The zero-order valence-electron chi connectivity index (χ0n) is 17.8. The third kappa shape index (κ3) is 3.48. The molecular formula is C27H22N2O3. The van der Waals surface area contributed by atoms with Gasteiger partial charge in [0.25, 0.3) is 0 Å². The third-order valence-electron chi connectivity index (χ3n) is 5.73. The zero-order chi connectivity index (χ0) is 22.2. The van der Waals surface area contributed by atoms with Crippen LogP contribution in [0.5, 0.6) is 5.75 Å². The summed E-state index contributed by atoms with van der Waals surface area (Å²) in [4.78, 5) is 17.2. The van der Waals surface area contributed by atoms with Crippen molar-refractivity contribution >= 4 is 22.4 Å². The van der Waals surface area contributed by atoms with Crippen molar-refractivity contribution in [3.63, 3.8) is 0 Å². The van der Waals surface area contributed by atoms with Crippen LogP contribution in [0.4, 0.5) is 0 Å². The van der Waals surface area contributed by atoms with Crippen molar-refractivity contribution in [1.29, 1.82) is 0 Å². The monoisotopic (exact) mass is 422 g/mol. The molecule has 0 fully saturated rings. The summed E-state index contributed by atoms with van der Waals surface area (Å²) in [5.74, 6) is -0.495. The second-order valence-electron chi connectivity index (χ2n) is 7.90. The van der Waals surface area contributed by atoms with Gasteiger partial charge in [-0.3, -0.25) is 0 Å². The number of fused-ring (bicyclic) bond motifs is 2. The number of carboxylic acids is 1. The molecule has 0 radical (unpaired) electrons. The van der Waals surface area contributed by atoms with E-state index in [9.17, 15) is 9.90 Å². The van der Waals surface area contributed by atoms with Crippen LogP contribution in [0.1, 0.15) is 34.5 Å². The summed E-state index contributed by atoms with van der Waals surface area (Å²) >= 11 is 0. The molecular weight excluding hydrogens is 400 g/mol. The fourth-order valence-corrected chi connectivity index (χ4v) is 4.04. The highest BCUT2D eigenvalue weighted by Crippen LogP contribution is 2.36. The van der Waals surface area contributed by atoms with Crippen molar-refractivity contribution in [2.75, 3.05) is 0 Å². The highest BCUT2D eigenvalue weighted by atomic mass is 16.5. The number of hydrogen-bond donors (Lipinski definition) is 1. The topological polar surface area (TPSA) is 63.8 Å². The highest BCUT2D eigenvalue weighted by Gasteiger charge is 2.20. The molecule has 0 aliphatic carbocycles. The average molecular weight is 422 g/mol. The predicted molar refractivity (Wildman–Crippen MR) is 125 cm³/mol. The normalized spacial score (nSPS) is 12.2. The molecule has 5 heteroatoms. The van der Waals surface area contributed by atoms with Gasteiger partial charge in [-0.05, 0) is 55.3 Å². The summed E-state index contributed by atoms with van der Waals surface area (Å²) in [7, 11) is 0. The van der Waals surface area contributed by atoms with Crippen molar-refractivity contribution in [2.24, 2.45) is 0 Å². The molecule has 3 heterocycles. The molecule has 158 valence electrons. The molecule has 3 aromatic heterocycles. The first-order valence-electron chi connectivity index (χ1n) is 10.5. The Hall–Kier alpha value is -4.12. The van der Waals surface area contributed by atoms with Crippen molar-refractivity contribution in [2.45, 2.75) is 20.0 Å². The summed E-state index contributed by atoms with van der Waals surface area (Å²) in [6, 6.07) is 23.2. The maximum Gasteiger partial charge on any atom is 0.336 e.